The average Bonchev–Trinajstić information content (AvgIpc) is 2.34. The number of nitrogens with zero attached hydrogens (tertiary/aromatic N) is 1. The van der Waals surface area contributed by atoms with E-state index in [2.05, 4.69) is 15.9 Å². The molecule has 0 amide bonds. The van der Waals surface area contributed by atoms with Gasteiger partial charge < -0.3 is 10.5 Å². The van der Waals surface area contributed by atoms with Crippen LogP contribution in [0.25, 0.3) is 0 Å². The molecule has 0 saturated heterocycles. The minimum Gasteiger partial charge on any atom is -0.454 e. The van der Waals surface area contributed by atoms with Gasteiger partial charge in [-0.15, -0.1) is 0 Å². The third-order valence-corrected chi connectivity index (χ3v) is 3.17. The fourth-order valence-electron chi connectivity index (χ4n) is 1.42. The van der Waals surface area contributed by atoms with E-state index in [1.807, 2.05) is 0 Å². The maximum absolute atomic E-state index is 10.6. The Balaban J connectivity index is 2.31. The number of nitro groups is 1. The van der Waals surface area contributed by atoms with Crippen LogP contribution in [0.15, 0.2) is 40.9 Å². The van der Waals surface area contributed by atoms with Crippen LogP contribution in [-0.2, 0) is 0 Å². The molecule has 0 radical (unpaired) electrons. The summed E-state index contributed by atoms with van der Waals surface area (Å²) in [6, 6.07) is 9.05. The number of nitrogen functional groups attached to an aromatic ring is 1. The van der Waals surface area contributed by atoms with E-state index in [1.54, 1.807) is 18.2 Å². The number of anilines is 1. The second-order valence-corrected chi connectivity index (χ2v) is 4.95. The highest BCUT2D eigenvalue weighted by Gasteiger charge is 2.11. The SMILES string of the molecule is Nc1cc([N+](=O)[O-])ccc1Oc1ccc(Cl)cc1Br. The Morgan fingerprint density at radius 2 is 1.89 bits per heavy atom. The van der Waals surface area contributed by atoms with Crippen LogP contribution in [0, 0.1) is 10.1 Å². The third-order valence-electron chi connectivity index (χ3n) is 2.32. The van der Waals surface area contributed by atoms with E-state index in [9.17, 15) is 10.1 Å². The van der Waals surface area contributed by atoms with E-state index in [0.29, 0.717) is 21.0 Å². The topological polar surface area (TPSA) is 78.4 Å². The number of hydrogen-bond acceptors (Lipinski definition) is 4. The van der Waals surface area contributed by atoms with Crippen LogP contribution < -0.4 is 10.5 Å². The Morgan fingerprint density at radius 1 is 1.21 bits per heavy atom. The molecule has 0 aliphatic rings. The van der Waals surface area contributed by atoms with E-state index in [4.69, 9.17) is 22.1 Å². The van der Waals surface area contributed by atoms with Gasteiger partial charge in [-0.2, -0.15) is 0 Å². The monoisotopic (exact) mass is 342 g/mol. The third kappa shape index (κ3) is 3.15. The molecule has 0 spiro atoms. The van der Waals surface area contributed by atoms with Crippen molar-refractivity contribution in [2.24, 2.45) is 0 Å². The van der Waals surface area contributed by atoms with Crippen molar-refractivity contribution in [3.05, 3.63) is 56.0 Å². The van der Waals surface area contributed by atoms with Crippen molar-refractivity contribution in [2.45, 2.75) is 0 Å². The molecule has 0 aliphatic carbocycles. The summed E-state index contributed by atoms with van der Waals surface area (Å²) < 4.78 is 6.24. The molecule has 5 nitrogen and oxygen atoms in total. The number of rotatable bonds is 3. The highest BCUT2D eigenvalue weighted by molar-refractivity contribution is 9.10. The van der Waals surface area contributed by atoms with Gasteiger partial charge in [-0.25, -0.2) is 0 Å². The number of benzene rings is 2. The highest BCUT2D eigenvalue weighted by atomic mass is 79.9. The largest absolute Gasteiger partial charge is 0.454 e. The van der Waals surface area contributed by atoms with Crippen LogP contribution in [0.5, 0.6) is 11.5 Å². The zero-order valence-electron chi connectivity index (χ0n) is 9.47. The molecule has 7 heteroatoms. The van der Waals surface area contributed by atoms with Crippen LogP contribution in [-0.4, -0.2) is 4.92 Å². The Kier molecular flexibility index (Phi) is 3.92. The smallest absolute Gasteiger partial charge is 0.271 e. The van der Waals surface area contributed by atoms with Crippen molar-refractivity contribution in [1.82, 2.24) is 0 Å². The molecule has 2 aromatic rings. The summed E-state index contributed by atoms with van der Waals surface area (Å²) in [4.78, 5) is 10.1. The van der Waals surface area contributed by atoms with Gasteiger partial charge in [0.1, 0.15) is 5.75 Å². The molecule has 98 valence electrons. The maximum Gasteiger partial charge on any atom is 0.271 e. The van der Waals surface area contributed by atoms with Gasteiger partial charge in [0.2, 0.25) is 0 Å². The molecule has 0 aromatic heterocycles. The fourth-order valence-corrected chi connectivity index (χ4v) is 2.18. The van der Waals surface area contributed by atoms with Gasteiger partial charge in [0.15, 0.2) is 5.75 Å². The van der Waals surface area contributed by atoms with E-state index < -0.39 is 4.92 Å². The van der Waals surface area contributed by atoms with E-state index in [-0.39, 0.29) is 11.4 Å². The van der Waals surface area contributed by atoms with Gasteiger partial charge in [-0.1, -0.05) is 11.6 Å². The predicted octanol–water partition coefficient (Wildman–Crippen LogP) is 4.39. The van der Waals surface area contributed by atoms with Gasteiger partial charge >= 0.3 is 0 Å². The lowest BCUT2D eigenvalue weighted by molar-refractivity contribution is -0.384. The molecule has 2 N–H and O–H groups in total. The zero-order chi connectivity index (χ0) is 14.0. The van der Waals surface area contributed by atoms with Crippen molar-refractivity contribution in [1.29, 1.82) is 0 Å². The van der Waals surface area contributed by atoms with Gasteiger partial charge in [-0.3, -0.25) is 10.1 Å². The van der Waals surface area contributed by atoms with Crippen LogP contribution in [0.3, 0.4) is 0 Å². The summed E-state index contributed by atoms with van der Waals surface area (Å²) in [6.07, 6.45) is 0. The minimum atomic E-state index is -0.516. The number of nitrogens with two attached hydrogens (primary N) is 1. The van der Waals surface area contributed by atoms with Gasteiger partial charge in [0.25, 0.3) is 5.69 Å². The summed E-state index contributed by atoms with van der Waals surface area (Å²) in [5.41, 5.74) is 5.82. The Morgan fingerprint density at radius 3 is 2.47 bits per heavy atom. The Hall–Kier alpha value is -1.79. The Bertz CT molecular complexity index is 649. The molecule has 0 aliphatic heterocycles. The van der Waals surface area contributed by atoms with E-state index in [1.165, 1.54) is 18.2 Å². The average molecular weight is 344 g/mol. The number of nitro benzene ring substituents is 1. The standard InChI is InChI=1S/C12H8BrClN2O3/c13-9-5-7(14)1-3-11(9)19-12-4-2-8(16(17)18)6-10(12)15/h1-6H,15H2. The molecule has 0 unspecified atom stereocenters. The lowest BCUT2D eigenvalue weighted by atomic mass is 10.2. The number of halogens is 2. The van der Waals surface area contributed by atoms with Crippen molar-refractivity contribution >= 4 is 38.9 Å². The molecule has 0 heterocycles. The van der Waals surface area contributed by atoms with Gasteiger partial charge in [0.05, 0.1) is 15.1 Å². The quantitative estimate of drug-likeness (QED) is 0.509. The molecule has 2 rings (SSSR count). The minimum absolute atomic E-state index is 0.0833. The first-order valence-corrected chi connectivity index (χ1v) is 6.31. The highest BCUT2D eigenvalue weighted by Crippen LogP contribution is 2.35. The second kappa shape index (κ2) is 5.46. The Labute approximate surface area is 122 Å². The normalized spacial score (nSPS) is 10.2. The van der Waals surface area contributed by atoms with Gasteiger partial charge in [0, 0.05) is 17.2 Å². The van der Waals surface area contributed by atoms with E-state index in [0.717, 1.165) is 0 Å². The molecule has 0 fully saturated rings. The van der Waals surface area contributed by atoms with Crippen LogP contribution >= 0.6 is 27.5 Å². The summed E-state index contributed by atoms with van der Waals surface area (Å²) in [7, 11) is 0. The van der Waals surface area contributed by atoms with Crippen molar-refractivity contribution in [2.75, 3.05) is 5.73 Å². The summed E-state index contributed by atoms with van der Waals surface area (Å²) in [5, 5.41) is 11.2. The molecule has 0 atom stereocenters. The van der Waals surface area contributed by atoms with E-state index >= 15 is 0 Å². The van der Waals surface area contributed by atoms with Crippen molar-refractivity contribution < 1.29 is 9.66 Å². The van der Waals surface area contributed by atoms with Crippen molar-refractivity contribution in [3.8, 4) is 11.5 Å². The first-order valence-electron chi connectivity index (χ1n) is 5.14. The number of non-ortho nitro benzene ring substituents is 1. The lowest BCUT2D eigenvalue weighted by Crippen LogP contribution is -1.95. The summed E-state index contributed by atoms with van der Waals surface area (Å²) in [6.45, 7) is 0. The predicted molar refractivity (Wildman–Crippen MR) is 76.7 cm³/mol. The first-order chi connectivity index (χ1) is 8.97. The molecule has 0 saturated carbocycles. The fraction of sp³-hybridized carbons (Fsp3) is 0. The molecule has 19 heavy (non-hydrogen) atoms. The zero-order valence-corrected chi connectivity index (χ0v) is 11.8. The molecule has 0 bridgehead atoms. The van der Waals surface area contributed by atoms with Crippen molar-refractivity contribution in [3.63, 3.8) is 0 Å². The van der Waals surface area contributed by atoms with Crippen LogP contribution in [0.1, 0.15) is 0 Å². The second-order valence-electron chi connectivity index (χ2n) is 3.66. The molecular formula is C12H8BrClN2O3. The van der Waals surface area contributed by atoms with Gasteiger partial charge in [-0.05, 0) is 40.2 Å². The maximum atomic E-state index is 10.6. The number of hydrogen-bond donors (Lipinski definition) is 1. The molecular weight excluding hydrogens is 335 g/mol. The lowest BCUT2D eigenvalue weighted by Gasteiger charge is -2.10. The molecule has 2 aromatic carbocycles. The summed E-state index contributed by atoms with van der Waals surface area (Å²) >= 11 is 9.13. The van der Waals surface area contributed by atoms with Crippen LogP contribution in [0.2, 0.25) is 5.02 Å². The summed E-state index contributed by atoms with van der Waals surface area (Å²) in [5.74, 6) is 0.860. The van der Waals surface area contributed by atoms with Crippen LogP contribution in [0.4, 0.5) is 11.4 Å². The first kappa shape index (κ1) is 13.6. The number of ether oxygens (including phenoxy) is 1.